The Morgan fingerprint density at radius 2 is 0.985 bits per heavy atom. The van der Waals surface area contributed by atoms with Crippen molar-refractivity contribution in [3.63, 3.8) is 0 Å². The minimum Gasteiger partial charge on any atom is -0.507 e. The number of hydrogen-bond donors (Lipinski definition) is 6. The van der Waals surface area contributed by atoms with Gasteiger partial charge in [-0.3, -0.25) is 9.97 Å². The Morgan fingerprint density at radius 1 is 0.456 bits per heavy atom. The standard InChI is InChI=1S/C20H19FO2.C19H18FNO2.C18H16FNO2/c1-11(2)19-17(22)9-14(10-18(19)23)16-7-5-13-8-12(3)4-6-15(13)20(16)21;1-3-11(2)19-17(22)8-14(9-18(19)23)13-6-12-4-5-21-10-15(12)16(20)7-13;1-10(2)18-16(21)5-12(6-17(18)22)15-9-20-8-11-3-4-13(19)7-14(11)15/h4-11,22-23H,1-3H3;4-11,22-23H,3H2,1-2H3;3-10,21-22H,1-2H3. The van der Waals surface area contributed by atoms with Crippen molar-refractivity contribution in [1.29, 1.82) is 0 Å². The number of phenols is 6. The van der Waals surface area contributed by atoms with E-state index < -0.39 is 0 Å². The van der Waals surface area contributed by atoms with Crippen LogP contribution < -0.4 is 0 Å². The second-order valence-corrected chi connectivity index (χ2v) is 17.7. The van der Waals surface area contributed by atoms with Crippen molar-refractivity contribution in [3.05, 3.63) is 168 Å². The minimum atomic E-state index is -0.379. The van der Waals surface area contributed by atoms with Crippen LogP contribution in [0.15, 0.2) is 128 Å². The summed E-state index contributed by atoms with van der Waals surface area (Å²) < 4.78 is 42.6. The van der Waals surface area contributed by atoms with Crippen LogP contribution in [0.2, 0.25) is 0 Å². The number of nitrogens with zero attached hydrogens (tertiary/aromatic N) is 2. The third-order valence-corrected chi connectivity index (χ3v) is 12.2. The highest BCUT2D eigenvalue weighted by atomic mass is 19.1. The lowest BCUT2D eigenvalue weighted by Crippen LogP contribution is -1.94. The lowest BCUT2D eigenvalue weighted by molar-refractivity contribution is 0.429. The fourth-order valence-electron chi connectivity index (χ4n) is 8.56. The highest BCUT2D eigenvalue weighted by Gasteiger charge is 2.19. The first-order valence-electron chi connectivity index (χ1n) is 22.3. The van der Waals surface area contributed by atoms with E-state index in [4.69, 9.17) is 0 Å². The second-order valence-electron chi connectivity index (χ2n) is 17.7. The summed E-state index contributed by atoms with van der Waals surface area (Å²) in [6.07, 6.45) is 7.14. The summed E-state index contributed by atoms with van der Waals surface area (Å²) in [6.45, 7) is 13.4. The van der Waals surface area contributed by atoms with Crippen molar-refractivity contribution in [3.8, 4) is 67.9 Å². The molecule has 2 aromatic heterocycles. The summed E-state index contributed by atoms with van der Waals surface area (Å²) in [5.41, 5.74) is 5.84. The Balaban J connectivity index is 0.000000151. The molecule has 8 nitrogen and oxygen atoms in total. The summed E-state index contributed by atoms with van der Waals surface area (Å²) in [4.78, 5) is 8.07. The number of rotatable bonds is 7. The van der Waals surface area contributed by atoms with Crippen molar-refractivity contribution >= 4 is 32.3 Å². The van der Waals surface area contributed by atoms with Crippen LogP contribution in [0, 0.1) is 24.4 Å². The molecular weight excluding hydrogens is 866 g/mol. The number of aromatic hydroxyl groups is 6. The zero-order valence-electron chi connectivity index (χ0n) is 38.8. The molecule has 348 valence electrons. The van der Waals surface area contributed by atoms with Crippen LogP contribution in [0.3, 0.4) is 0 Å². The lowest BCUT2D eigenvalue weighted by atomic mass is 9.93. The Labute approximate surface area is 392 Å². The van der Waals surface area contributed by atoms with Gasteiger partial charge in [-0.2, -0.15) is 0 Å². The minimum absolute atomic E-state index is 0.00265. The van der Waals surface area contributed by atoms with Crippen molar-refractivity contribution in [2.45, 2.75) is 72.6 Å². The van der Waals surface area contributed by atoms with Gasteiger partial charge in [0.2, 0.25) is 0 Å². The summed E-state index contributed by atoms with van der Waals surface area (Å²) in [5.74, 6) is -0.960. The van der Waals surface area contributed by atoms with Crippen LogP contribution in [0.25, 0.3) is 65.7 Å². The second kappa shape index (κ2) is 20.0. The van der Waals surface area contributed by atoms with Crippen LogP contribution in [0.5, 0.6) is 34.5 Å². The molecule has 1 unspecified atom stereocenters. The van der Waals surface area contributed by atoms with E-state index in [1.54, 1.807) is 67.1 Å². The fourth-order valence-corrected chi connectivity index (χ4v) is 8.56. The molecule has 6 N–H and O–H groups in total. The molecule has 0 amide bonds. The SMILES string of the molecule is CC(C)c1c(O)cc(-c2cncc3ccc(F)cc23)cc1O.CCC(C)c1c(O)cc(-c2cc(F)c3cnccc3c2)cc1O.Cc1ccc2c(F)c(-c3cc(O)c(C(C)C)c(O)c3)ccc2c1. The molecule has 9 aromatic rings. The maximum absolute atomic E-state index is 14.8. The Morgan fingerprint density at radius 3 is 1.57 bits per heavy atom. The molecule has 0 radical (unpaired) electrons. The van der Waals surface area contributed by atoms with E-state index in [0.717, 1.165) is 28.1 Å². The quantitative estimate of drug-likeness (QED) is 0.0926. The van der Waals surface area contributed by atoms with E-state index in [1.807, 2.05) is 72.7 Å². The van der Waals surface area contributed by atoms with Gasteiger partial charge in [-0.25, -0.2) is 13.2 Å². The molecule has 2 heterocycles. The number of aryl methyl sites for hydroxylation is 1. The van der Waals surface area contributed by atoms with Gasteiger partial charge in [0.25, 0.3) is 0 Å². The molecule has 0 fully saturated rings. The van der Waals surface area contributed by atoms with E-state index in [0.29, 0.717) is 66.2 Å². The molecule has 7 aromatic carbocycles. The highest BCUT2D eigenvalue weighted by Crippen LogP contribution is 2.43. The number of hydrogen-bond acceptors (Lipinski definition) is 8. The molecule has 0 aliphatic heterocycles. The van der Waals surface area contributed by atoms with Crippen LogP contribution in [0.1, 0.15) is 88.0 Å². The van der Waals surface area contributed by atoms with E-state index in [9.17, 15) is 43.8 Å². The van der Waals surface area contributed by atoms with Gasteiger partial charge in [0.15, 0.2) is 0 Å². The number of halogens is 3. The van der Waals surface area contributed by atoms with Gasteiger partial charge in [-0.05, 0) is 142 Å². The van der Waals surface area contributed by atoms with Crippen molar-refractivity contribution < 1.29 is 43.8 Å². The van der Waals surface area contributed by atoms with Crippen LogP contribution >= 0.6 is 0 Å². The first kappa shape index (κ1) is 48.2. The predicted molar refractivity (Wildman–Crippen MR) is 265 cm³/mol. The van der Waals surface area contributed by atoms with E-state index in [-0.39, 0.29) is 69.7 Å². The molecule has 68 heavy (non-hydrogen) atoms. The van der Waals surface area contributed by atoms with Crippen LogP contribution in [-0.2, 0) is 0 Å². The average molecular weight is 919 g/mol. The normalized spacial score (nSPS) is 11.7. The maximum Gasteiger partial charge on any atom is 0.138 e. The van der Waals surface area contributed by atoms with Crippen molar-refractivity contribution in [2.24, 2.45) is 0 Å². The molecule has 1 atom stereocenters. The molecule has 0 bridgehead atoms. The lowest BCUT2D eigenvalue weighted by Gasteiger charge is -2.15. The summed E-state index contributed by atoms with van der Waals surface area (Å²) >= 11 is 0. The third kappa shape index (κ3) is 9.97. The summed E-state index contributed by atoms with van der Waals surface area (Å²) in [6, 6.07) is 27.8. The molecule has 11 heteroatoms. The molecule has 0 saturated carbocycles. The highest BCUT2D eigenvalue weighted by molar-refractivity contribution is 5.96. The predicted octanol–water partition coefficient (Wildman–Crippen LogP) is 15.0. The van der Waals surface area contributed by atoms with Crippen LogP contribution in [-0.4, -0.2) is 40.6 Å². The fraction of sp³-hybridized carbons (Fsp3) is 0.193. The molecular formula is C57H53F3N2O6. The Bertz CT molecular complexity index is 3270. The number of pyridine rings is 2. The van der Waals surface area contributed by atoms with Gasteiger partial charge in [0, 0.05) is 68.8 Å². The maximum atomic E-state index is 14.8. The van der Waals surface area contributed by atoms with Gasteiger partial charge in [-0.1, -0.05) is 77.4 Å². The first-order chi connectivity index (χ1) is 32.4. The number of benzene rings is 7. The molecule has 0 saturated heterocycles. The van der Waals surface area contributed by atoms with Gasteiger partial charge < -0.3 is 30.6 Å². The van der Waals surface area contributed by atoms with Gasteiger partial charge in [-0.15, -0.1) is 0 Å². The number of phenolic OH excluding ortho intramolecular Hbond substituents is 6. The topological polar surface area (TPSA) is 147 Å². The van der Waals surface area contributed by atoms with Crippen molar-refractivity contribution in [2.75, 3.05) is 0 Å². The van der Waals surface area contributed by atoms with E-state index >= 15 is 0 Å². The number of fused-ring (bicyclic) bond motifs is 3. The zero-order chi connectivity index (χ0) is 49.1. The summed E-state index contributed by atoms with van der Waals surface area (Å²) in [7, 11) is 0. The van der Waals surface area contributed by atoms with Crippen LogP contribution in [0.4, 0.5) is 13.2 Å². The van der Waals surface area contributed by atoms with Gasteiger partial charge >= 0.3 is 0 Å². The Hall–Kier alpha value is -7.79. The van der Waals surface area contributed by atoms with E-state index in [2.05, 4.69) is 9.97 Å². The van der Waals surface area contributed by atoms with E-state index in [1.165, 1.54) is 36.5 Å². The largest absolute Gasteiger partial charge is 0.507 e. The smallest absolute Gasteiger partial charge is 0.138 e. The molecule has 0 aliphatic carbocycles. The van der Waals surface area contributed by atoms with Crippen molar-refractivity contribution in [1.82, 2.24) is 9.97 Å². The summed E-state index contributed by atoms with van der Waals surface area (Å²) in [5, 5.41) is 65.2. The Kier molecular flexibility index (Phi) is 14.1. The molecule has 9 rings (SSSR count). The van der Waals surface area contributed by atoms with Gasteiger partial charge in [0.05, 0.1) is 0 Å². The number of aromatic nitrogens is 2. The third-order valence-electron chi connectivity index (χ3n) is 12.2. The average Bonchev–Trinajstić information content (AvgIpc) is 3.28. The monoisotopic (exact) mass is 918 g/mol. The molecule has 0 aliphatic rings. The first-order valence-corrected chi connectivity index (χ1v) is 22.3. The van der Waals surface area contributed by atoms with Gasteiger partial charge in [0.1, 0.15) is 51.9 Å². The molecule has 0 spiro atoms. The zero-order valence-corrected chi connectivity index (χ0v) is 38.8.